The molecule has 4 heteroatoms. The van der Waals surface area contributed by atoms with Gasteiger partial charge >= 0.3 is 5.97 Å². The molecule has 0 bridgehead atoms. The molecule has 3 nitrogen and oxygen atoms in total. The zero-order valence-corrected chi connectivity index (χ0v) is 7.58. The maximum absolute atomic E-state index is 12.6. The minimum atomic E-state index is -1.46. The van der Waals surface area contributed by atoms with Crippen LogP contribution in [0, 0.1) is 12.7 Å². The van der Waals surface area contributed by atoms with Gasteiger partial charge in [0.1, 0.15) is 5.82 Å². The third kappa shape index (κ3) is 2.39. The molecule has 1 N–H and O–H groups in total. The maximum atomic E-state index is 12.6. The number of carboxylic acids is 1. The average Bonchev–Trinajstić information content (AvgIpc) is 2.09. The summed E-state index contributed by atoms with van der Waals surface area (Å²) in [5, 5.41) is 8.37. The Bertz CT molecular complexity index is 385. The number of Topliss-reactive ketones (excluding diaryl/α,β-unsaturated/α-hetero) is 1. The number of hydrogen-bond donors (Lipinski definition) is 1. The molecular weight excluding hydrogens is 187 g/mol. The lowest BCUT2D eigenvalue weighted by Crippen LogP contribution is -2.15. The Morgan fingerprint density at radius 1 is 1.43 bits per heavy atom. The lowest BCUT2D eigenvalue weighted by atomic mass is 10.0. The second-order valence-electron chi connectivity index (χ2n) is 2.98. The summed E-state index contributed by atoms with van der Waals surface area (Å²) in [5.41, 5.74) is 1.12. The molecule has 0 aliphatic carbocycles. The number of carbonyl (C=O) groups is 2. The Balaban J connectivity index is 2.87. The van der Waals surface area contributed by atoms with Crippen molar-refractivity contribution in [3.63, 3.8) is 0 Å². The van der Waals surface area contributed by atoms with E-state index >= 15 is 0 Å². The minimum absolute atomic E-state index is 0.193. The van der Waals surface area contributed by atoms with Crippen LogP contribution in [0.25, 0.3) is 0 Å². The molecule has 1 aromatic carbocycles. The van der Waals surface area contributed by atoms with Crippen LogP contribution in [0.15, 0.2) is 18.2 Å². The predicted octanol–water partition coefficient (Wildman–Crippen LogP) is 1.33. The zero-order chi connectivity index (χ0) is 10.7. The first-order valence-electron chi connectivity index (χ1n) is 4.02. The van der Waals surface area contributed by atoms with Crippen LogP contribution in [-0.2, 0) is 16.0 Å². The molecule has 0 radical (unpaired) electrons. The van der Waals surface area contributed by atoms with Crippen molar-refractivity contribution in [2.75, 3.05) is 0 Å². The van der Waals surface area contributed by atoms with Gasteiger partial charge in [0.05, 0.1) is 0 Å². The van der Waals surface area contributed by atoms with Gasteiger partial charge in [-0.1, -0.05) is 6.07 Å². The van der Waals surface area contributed by atoms with Gasteiger partial charge in [-0.05, 0) is 30.2 Å². The fourth-order valence-electron chi connectivity index (χ4n) is 1.11. The molecule has 0 saturated heterocycles. The summed E-state index contributed by atoms with van der Waals surface area (Å²) in [6.07, 6.45) is -0.193. The lowest BCUT2D eigenvalue weighted by molar-refractivity contribution is -0.148. The molecule has 1 rings (SSSR count). The molecule has 14 heavy (non-hydrogen) atoms. The van der Waals surface area contributed by atoms with Crippen molar-refractivity contribution >= 4 is 11.8 Å². The zero-order valence-electron chi connectivity index (χ0n) is 7.58. The largest absolute Gasteiger partial charge is 0.475 e. The minimum Gasteiger partial charge on any atom is -0.475 e. The van der Waals surface area contributed by atoms with Crippen molar-refractivity contribution in [1.82, 2.24) is 0 Å². The van der Waals surface area contributed by atoms with Gasteiger partial charge in [-0.3, -0.25) is 4.79 Å². The summed E-state index contributed by atoms with van der Waals surface area (Å²) in [5.74, 6) is -2.75. The highest BCUT2D eigenvalue weighted by Crippen LogP contribution is 2.10. The van der Waals surface area contributed by atoms with E-state index in [1.165, 1.54) is 18.2 Å². The van der Waals surface area contributed by atoms with Gasteiger partial charge in [-0.15, -0.1) is 0 Å². The highest BCUT2D eigenvalue weighted by atomic mass is 19.1. The first-order chi connectivity index (χ1) is 6.50. The van der Waals surface area contributed by atoms with Gasteiger partial charge < -0.3 is 5.11 Å². The van der Waals surface area contributed by atoms with E-state index < -0.39 is 17.6 Å². The number of aliphatic carboxylic acids is 1. The smallest absolute Gasteiger partial charge is 0.372 e. The Hall–Kier alpha value is -1.71. The normalized spacial score (nSPS) is 9.86. The number of rotatable bonds is 3. The number of benzene rings is 1. The molecule has 74 valence electrons. The average molecular weight is 196 g/mol. The molecule has 1 aromatic rings. The standard InChI is InChI=1S/C10H9FO3/c1-6-4-8(11)3-2-7(6)5-9(12)10(13)14/h2-4H,5H2,1H3,(H,13,14). The number of carbonyl (C=O) groups excluding carboxylic acids is 1. The van der Waals surface area contributed by atoms with Gasteiger partial charge in [0.2, 0.25) is 5.78 Å². The molecule has 0 saturated carbocycles. The van der Waals surface area contributed by atoms with E-state index in [0.29, 0.717) is 11.1 Å². The molecule has 0 unspecified atom stereocenters. The van der Waals surface area contributed by atoms with Crippen LogP contribution in [0.2, 0.25) is 0 Å². The number of hydrogen-bond acceptors (Lipinski definition) is 2. The lowest BCUT2D eigenvalue weighted by Gasteiger charge is -2.02. The number of ketones is 1. The van der Waals surface area contributed by atoms with E-state index in [1.807, 2.05) is 0 Å². The summed E-state index contributed by atoms with van der Waals surface area (Å²) < 4.78 is 12.6. The monoisotopic (exact) mass is 196 g/mol. The molecule has 0 fully saturated rings. The van der Waals surface area contributed by atoms with E-state index in [1.54, 1.807) is 6.92 Å². The topological polar surface area (TPSA) is 54.4 Å². The van der Waals surface area contributed by atoms with Gasteiger partial charge in [0.15, 0.2) is 0 Å². The van der Waals surface area contributed by atoms with Crippen LogP contribution in [0.4, 0.5) is 4.39 Å². The van der Waals surface area contributed by atoms with E-state index in [2.05, 4.69) is 0 Å². The Morgan fingerprint density at radius 3 is 2.57 bits per heavy atom. The van der Waals surface area contributed by atoms with E-state index in [4.69, 9.17) is 5.11 Å². The predicted molar refractivity (Wildman–Crippen MR) is 47.5 cm³/mol. The fraction of sp³-hybridized carbons (Fsp3) is 0.200. The highest BCUT2D eigenvalue weighted by Gasteiger charge is 2.13. The number of aryl methyl sites for hydroxylation is 1. The Morgan fingerprint density at radius 2 is 2.07 bits per heavy atom. The highest BCUT2D eigenvalue weighted by molar-refractivity contribution is 6.33. The van der Waals surface area contributed by atoms with Crippen molar-refractivity contribution in [3.8, 4) is 0 Å². The molecular formula is C10H9FO3. The van der Waals surface area contributed by atoms with E-state index in [-0.39, 0.29) is 6.42 Å². The Kier molecular flexibility index (Phi) is 2.96. The fourth-order valence-corrected chi connectivity index (χ4v) is 1.11. The maximum Gasteiger partial charge on any atom is 0.372 e. The second-order valence-corrected chi connectivity index (χ2v) is 2.98. The van der Waals surface area contributed by atoms with Crippen LogP contribution < -0.4 is 0 Å². The van der Waals surface area contributed by atoms with E-state index in [9.17, 15) is 14.0 Å². The molecule has 0 aliphatic heterocycles. The van der Waals surface area contributed by atoms with Crippen LogP contribution in [0.5, 0.6) is 0 Å². The summed E-state index contributed by atoms with van der Waals surface area (Å²) in [6, 6.07) is 3.90. The third-order valence-corrected chi connectivity index (χ3v) is 1.89. The molecule has 0 heterocycles. The summed E-state index contributed by atoms with van der Waals surface area (Å²) in [4.78, 5) is 21.1. The van der Waals surface area contributed by atoms with Crippen molar-refractivity contribution < 1.29 is 19.1 Å². The van der Waals surface area contributed by atoms with Crippen molar-refractivity contribution in [2.24, 2.45) is 0 Å². The SMILES string of the molecule is Cc1cc(F)ccc1CC(=O)C(=O)O. The number of halogens is 1. The van der Waals surface area contributed by atoms with Crippen LogP contribution in [0.1, 0.15) is 11.1 Å². The van der Waals surface area contributed by atoms with Crippen molar-refractivity contribution in [2.45, 2.75) is 13.3 Å². The quantitative estimate of drug-likeness (QED) is 0.742. The van der Waals surface area contributed by atoms with Crippen molar-refractivity contribution in [1.29, 1.82) is 0 Å². The van der Waals surface area contributed by atoms with E-state index in [0.717, 1.165) is 0 Å². The van der Waals surface area contributed by atoms with Gasteiger partial charge in [-0.25, -0.2) is 9.18 Å². The van der Waals surface area contributed by atoms with Crippen LogP contribution in [-0.4, -0.2) is 16.9 Å². The summed E-state index contributed by atoms with van der Waals surface area (Å²) in [7, 11) is 0. The first-order valence-corrected chi connectivity index (χ1v) is 4.02. The molecule has 0 atom stereocenters. The third-order valence-electron chi connectivity index (χ3n) is 1.89. The van der Waals surface area contributed by atoms with Gasteiger partial charge in [-0.2, -0.15) is 0 Å². The number of carboxylic acid groups (broad SMARTS) is 1. The molecule has 0 aromatic heterocycles. The Labute approximate surface area is 80.2 Å². The summed E-state index contributed by atoms with van der Waals surface area (Å²) in [6.45, 7) is 1.63. The summed E-state index contributed by atoms with van der Waals surface area (Å²) >= 11 is 0. The molecule has 0 aliphatic rings. The van der Waals surface area contributed by atoms with Crippen LogP contribution in [0.3, 0.4) is 0 Å². The first kappa shape index (κ1) is 10.4. The van der Waals surface area contributed by atoms with Gasteiger partial charge in [0.25, 0.3) is 0 Å². The van der Waals surface area contributed by atoms with Crippen LogP contribution >= 0.6 is 0 Å². The second kappa shape index (κ2) is 4.00. The molecule has 0 amide bonds. The molecule has 0 spiro atoms. The van der Waals surface area contributed by atoms with Crippen molar-refractivity contribution in [3.05, 3.63) is 35.1 Å². The van der Waals surface area contributed by atoms with Gasteiger partial charge in [0, 0.05) is 6.42 Å².